The highest BCUT2D eigenvalue weighted by atomic mass is 19.4. The number of halogens is 3. The van der Waals surface area contributed by atoms with Crippen LogP contribution in [0.1, 0.15) is 20.8 Å². The Kier molecular flexibility index (Phi) is 5.55. The maximum atomic E-state index is 12.4. The number of amides is 2. The molecule has 0 fully saturated rings. The lowest BCUT2D eigenvalue weighted by Crippen LogP contribution is -2.46. The van der Waals surface area contributed by atoms with Crippen molar-refractivity contribution in [2.24, 2.45) is 0 Å². The van der Waals surface area contributed by atoms with Crippen LogP contribution in [0.2, 0.25) is 0 Å². The Morgan fingerprint density at radius 3 is 1.95 bits per heavy atom. The van der Waals surface area contributed by atoms with Crippen molar-refractivity contribution in [3.63, 3.8) is 0 Å². The average molecular weight is 298 g/mol. The summed E-state index contributed by atoms with van der Waals surface area (Å²) in [7, 11) is 0. The molecule has 10 heteroatoms. The summed E-state index contributed by atoms with van der Waals surface area (Å²) in [5, 5.41) is 8.26. The molecule has 0 aliphatic carbocycles. The number of rotatable bonds is 2. The molecule has 0 saturated heterocycles. The summed E-state index contributed by atoms with van der Waals surface area (Å²) < 4.78 is 41.8. The van der Waals surface area contributed by atoms with Crippen LogP contribution in [0.25, 0.3) is 0 Å². The molecule has 0 aromatic heterocycles. The van der Waals surface area contributed by atoms with Gasteiger partial charge in [0.2, 0.25) is 0 Å². The van der Waals surface area contributed by atoms with Crippen LogP contribution in [-0.4, -0.2) is 34.9 Å². The molecule has 0 aromatic rings. The van der Waals surface area contributed by atoms with Gasteiger partial charge < -0.3 is 9.84 Å². The third-order valence-electron chi connectivity index (χ3n) is 1.49. The number of hydrogen-bond acceptors (Lipinski definition) is 4. The molecule has 0 aliphatic rings. The minimum Gasteiger partial charge on any atom is -0.478 e. The number of hydrogen-bond donors (Lipinski definition) is 3. The van der Waals surface area contributed by atoms with Gasteiger partial charge in [0.05, 0.1) is 0 Å². The van der Waals surface area contributed by atoms with Gasteiger partial charge >= 0.3 is 18.2 Å². The van der Waals surface area contributed by atoms with E-state index in [1.54, 1.807) is 5.43 Å². The number of hydrazine groups is 1. The highest BCUT2D eigenvalue weighted by molar-refractivity contribution is 6.00. The van der Waals surface area contributed by atoms with Crippen LogP contribution in [0.15, 0.2) is 11.6 Å². The molecular formula is C10H13F3N2O5. The van der Waals surface area contributed by atoms with E-state index < -0.39 is 35.3 Å². The van der Waals surface area contributed by atoms with Crippen molar-refractivity contribution >= 4 is 18.0 Å². The van der Waals surface area contributed by atoms with Gasteiger partial charge in [0.25, 0.3) is 5.91 Å². The number of carbonyl (C=O) groups is 3. The zero-order chi connectivity index (χ0) is 16.1. The largest absolute Gasteiger partial charge is 0.478 e. The summed E-state index contributed by atoms with van der Waals surface area (Å²) >= 11 is 0. The van der Waals surface area contributed by atoms with E-state index in [9.17, 15) is 27.6 Å². The Hall–Kier alpha value is -2.26. The monoisotopic (exact) mass is 298 g/mol. The number of nitrogens with one attached hydrogen (secondary N) is 2. The van der Waals surface area contributed by atoms with Gasteiger partial charge in [0, 0.05) is 6.08 Å². The van der Waals surface area contributed by atoms with E-state index in [1.807, 2.05) is 0 Å². The topological polar surface area (TPSA) is 105 Å². The molecule has 114 valence electrons. The van der Waals surface area contributed by atoms with Crippen molar-refractivity contribution in [2.45, 2.75) is 32.5 Å². The van der Waals surface area contributed by atoms with E-state index in [1.165, 1.54) is 26.2 Å². The fourth-order valence-corrected chi connectivity index (χ4v) is 0.878. The molecule has 3 N–H and O–H groups in total. The second-order valence-electron chi connectivity index (χ2n) is 4.48. The molecule has 0 heterocycles. The molecule has 0 radical (unpaired) electrons. The fraction of sp³-hybridized carbons (Fsp3) is 0.500. The molecule has 0 atom stereocenters. The smallest absolute Gasteiger partial charge is 0.426 e. The Labute approximate surface area is 111 Å². The summed E-state index contributed by atoms with van der Waals surface area (Å²) in [4.78, 5) is 32.5. The molecular weight excluding hydrogens is 285 g/mol. The molecule has 2 amide bonds. The zero-order valence-corrected chi connectivity index (χ0v) is 10.8. The first-order valence-electron chi connectivity index (χ1n) is 5.14. The molecule has 7 nitrogen and oxygen atoms in total. The number of carbonyl (C=O) groups excluding carboxylic acids is 2. The average Bonchev–Trinajstić information content (AvgIpc) is 2.18. The Balaban J connectivity index is 4.74. The second kappa shape index (κ2) is 6.26. The third-order valence-corrected chi connectivity index (χ3v) is 1.49. The normalized spacial score (nSPS) is 12.6. The summed E-state index contributed by atoms with van der Waals surface area (Å²) in [5.74, 6) is -3.78. The minimum absolute atomic E-state index is 0.313. The van der Waals surface area contributed by atoms with E-state index in [-0.39, 0.29) is 6.08 Å². The van der Waals surface area contributed by atoms with Gasteiger partial charge in [-0.3, -0.25) is 10.2 Å². The van der Waals surface area contributed by atoms with Crippen LogP contribution in [0, 0.1) is 0 Å². The first kappa shape index (κ1) is 17.7. The van der Waals surface area contributed by atoms with Gasteiger partial charge in [0.1, 0.15) is 11.2 Å². The van der Waals surface area contributed by atoms with Crippen molar-refractivity contribution in [3.05, 3.63) is 11.6 Å². The third kappa shape index (κ3) is 7.24. The van der Waals surface area contributed by atoms with Crippen molar-refractivity contribution in [2.75, 3.05) is 0 Å². The van der Waals surface area contributed by atoms with Gasteiger partial charge in [-0.15, -0.1) is 0 Å². The van der Waals surface area contributed by atoms with Crippen molar-refractivity contribution < 1.29 is 37.4 Å². The predicted octanol–water partition coefficient (Wildman–Crippen LogP) is 1.12. The standard InChI is InChI=1S/C10H13F3N2O5/c1-9(2,3)20-8(19)15-14-7(18)5(4-6(16)17)10(11,12)13/h4H,1-3H3,(H,14,18)(H,15,19)(H,16,17)/b5-4+. The summed E-state index contributed by atoms with van der Waals surface area (Å²) in [6.45, 7) is 4.50. The molecule has 0 saturated carbocycles. The molecule has 0 bridgehead atoms. The molecule has 0 rings (SSSR count). The molecule has 0 spiro atoms. The summed E-state index contributed by atoms with van der Waals surface area (Å²) in [6.07, 6.45) is -6.69. The quantitative estimate of drug-likeness (QED) is 0.523. The van der Waals surface area contributed by atoms with Gasteiger partial charge in [-0.2, -0.15) is 13.2 Å². The molecule has 0 aromatic carbocycles. The van der Waals surface area contributed by atoms with Crippen molar-refractivity contribution in [1.82, 2.24) is 10.9 Å². The van der Waals surface area contributed by atoms with E-state index in [4.69, 9.17) is 5.11 Å². The van der Waals surface area contributed by atoms with E-state index >= 15 is 0 Å². The maximum absolute atomic E-state index is 12.4. The van der Waals surface area contributed by atoms with Gasteiger partial charge in [-0.25, -0.2) is 15.0 Å². The van der Waals surface area contributed by atoms with E-state index in [2.05, 4.69) is 4.74 Å². The van der Waals surface area contributed by atoms with Crippen LogP contribution < -0.4 is 10.9 Å². The van der Waals surface area contributed by atoms with E-state index in [0.717, 1.165) is 0 Å². The Bertz CT molecular complexity index is 437. The highest BCUT2D eigenvalue weighted by Crippen LogP contribution is 2.25. The number of carboxylic acid groups (broad SMARTS) is 1. The lowest BCUT2D eigenvalue weighted by atomic mass is 10.2. The Morgan fingerprint density at radius 1 is 1.10 bits per heavy atom. The highest BCUT2D eigenvalue weighted by Gasteiger charge is 2.39. The van der Waals surface area contributed by atoms with Gasteiger partial charge in [-0.05, 0) is 20.8 Å². The number of alkyl halides is 3. The number of ether oxygens (including phenoxy) is 1. The van der Waals surface area contributed by atoms with Gasteiger partial charge in [0.15, 0.2) is 0 Å². The second-order valence-corrected chi connectivity index (χ2v) is 4.48. The first-order valence-corrected chi connectivity index (χ1v) is 5.14. The molecule has 0 unspecified atom stereocenters. The van der Waals surface area contributed by atoms with Crippen LogP contribution >= 0.6 is 0 Å². The maximum Gasteiger partial charge on any atom is 0.426 e. The number of aliphatic carboxylic acids is 1. The van der Waals surface area contributed by atoms with Crippen LogP contribution in [-0.2, 0) is 14.3 Å². The van der Waals surface area contributed by atoms with Gasteiger partial charge in [-0.1, -0.05) is 0 Å². The van der Waals surface area contributed by atoms with Crippen molar-refractivity contribution in [3.8, 4) is 0 Å². The minimum atomic E-state index is -5.18. The van der Waals surface area contributed by atoms with Crippen LogP contribution in [0.3, 0.4) is 0 Å². The molecule has 20 heavy (non-hydrogen) atoms. The van der Waals surface area contributed by atoms with Crippen molar-refractivity contribution in [1.29, 1.82) is 0 Å². The summed E-state index contributed by atoms with van der Waals surface area (Å²) in [5.41, 5.74) is 0.0829. The SMILES string of the molecule is CC(C)(C)OC(=O)NNC(=O)/C(=C\C(=O)O)C(F)(F)F. The summed E-state index contributed by atoms with van der Waals surface area (Å²) in [6, 6.07) is 0. The Morgan fingerprint density at radius 2 is 1.60 bits per heavy atom. The first-order chi connectivity index (χ1) is 8.83. The lowest BCUT2D eigenvalue weighted by molar-refractivity contribution is -0.137. The molecule has 0 aliphatic heterocycles. The van der Waals surface area contributed by atoms with Crippen LogP contribution in [0.5, 0.6) is 0 Å². The predicted molar refractivity (Wildman–Crippen MR) is 59.3 cm³/mol. The fourth-order valence-electron chi connectivity index (χ4n) is 0.878. The zero-order valence-electron chi connectivity index (χ0n) is 10.8. The number of carboxylic acids is 1. The van der Waals surface area contributed by atoms with E-state index in [0.29, 0.717) is 0 Å². The van der Waals surface area contributed by atoms with Crippen LogP contribution in [0.4, 0.5) is 18.0 Å². The lowest BCUT2D eigenvalue weighted by Gasteiger charge is -2.20.